The van der Waals surface area contributed by atoms with Crippen LogP contribution in [0.5, 0.6) is 0 Å². The van der Waals surface area contributed by atoms with Crippen LogP contribution in [0.15, 0.2) is 14.3 Å². The second-order valence-electron chi connectivity index (χ2n) is 2.41. The molecule has 0 aliphatic rings. The summed E-state index contributed by atoms with van der Waals surface area (Å²) in [5, 5.41) is 1.88. The zero-order valence-corrected chi connectivity index (χ0v) is 10.9. The van der Waals surface area contributed by atoms with E-state index in [1.54, 1.807) is 0 Å². The third-order valence-electron chi connectivity index (χ3n) is 1.13. The van der Waals surface area contributed by atoms with Crippen LogP contribution >= 0.6 is 39.0 Å². The van der Waals surface area contributed by atoms with Crippen molar-refractivity contribution in [1.29, 1.82) is 0 Å². The van der Waals surface area contributed by atoms with Gasteiger partial charge >= 0.3 is 0 Å². The van der Waals surface area contributed by atoms with Crippen molar-refractivity contribution in [3.05, 3.63) is 9.98 Å². The molecule has 1 aromatic rings. The number of sulfone groups is 1. The third-order valence-corrected chi connectivity index (χ3v) is 5.07. The van der Waals surface area contributed by atoms with Gasteiger partial charge in [0, 0.05) is 17.4 Å². The molecule has 1 rings (SSSR count). The lowest BCUT2D eigenvalue weighted by Crippen LogP contribution is -2.04. The van der Waals surface area contributed by atoms with Gasteiger partial charge in [-0.25, -0.2) is 13.4 Å². The molecule has 0 saturated heterocycles. The molecule has 1 aromatic heterocycles. The Hall–Kier alpha value is 0.410. The Labute approximate surface area is 94.0 Å². The number of thioether (sulfide) groups is 1. The minimum absolute atomic E-state index is 0.203. The highest BCUT2D eigenvalue weighted by Crippen LogP contribution is 2.24. The molecule has 74 valence electrons. The largest absolute Gasteiger partial charge is 0.229 e. The van der Waals surface area contributed by atoms with Gasteiger partial charge < -0.3 is 0 Å². The average Bonchev–Trinajstić information content (AvgIpc) is 2.33. The smallest absolute Gasteiger partial charge is 0.151 e. The molecule has 0 aliphatic heterocycles. The summed E-state index contributed by atoms with van der Waals surface area (Å²) in [5.41, 5.74) is 0. The summed E-state index contributed by atoms with van der Waals surface area (Å²) < 4.78 is 23.3. The quantitative estimate of drug-likeness (QED) is 0.799. The van der Waals surface area contributed by atoms with E-state index in [-0.39, 0.29) is 5.75 Å². The molecule has 0 bridgehead atoms. The Morgan fingerprint density at radius 2 is 2.38 bits per heavy atom. The Morgan fingerprint density at radius 1 is 1.69 bits per heavy atom. The fraction of sp³-hybridized carbons (Fsp3) is 0.500. The van der Waals surface area contributed by atoms with E-state index in [0.717, 1.165) is 8.94 Å². The lowest BCUT2D eigenvalue weighted by atomic mass is 11.0. The Kier molecular flexibility index (Phi) is 4.21. The monoisotopic (exact) mass is 301 g/mol. The van der Waals surface area contributed by atoms with Crippen LogP contribution in [0, 0.1) is 0 Å². The molecule has 3 nitrogen and oxygen atoms in total. The minimum Gasteiger partial charge on any atom is -0.229 e. The summed E-state index contributed by atoms with van der Waals surface area (Å²) in [5.74, 6) is 0.771. The highest BCUT2D eigenvalue weighted by Gasteiger charge is 2.04. The average molecular weight is 302 g/mol. The molecule has 0 spiro atoms. The number of thiazole rings is 1. The number of nitrogens with zero attached hydrogens (tertiary/aromatic N) is 1. The van der Waals surface area contributed by atoms with Crippen molar-refractivity contribution in [2.75, 3.05) is 17.8 Å². The first-order valence-corrected chi connectivity index (χ1v) is 8.11. The molecule has 0 aromatic carbocycles. The van der Waals surface area contributed by atoms with Gasteiger partial charge in [-0.1, -0.05) is 11.8 Å². The van der Waals surface area contributed by atoms with Crippen molar-refractivity contribution in [1.82, 2.24) is 4.98 Å². The summed E-state index contributed by atoms with van der Waals surface area (Å²) >= 11 is 6.21. The number of halogens is 1. The fourth-order valence-electron chi connectivity index (χ4n) is 0.586. The highest BCUT2D eigenvalue weighted by molar-refractivity contribution is 9.10. The molecule has 0 saturated carbocycles. The van der Waals surface area contributed by atoms with Crippen LogP contribution in [0.4, 0.5) is 0 Å². The Balaban J connectivity index is 2.36. The van der Waals surface area contributed by atoms with Crippen LogP contribution < -0.4 is 0 Å². The van der Waals surface area contributed by atoms with Crippen LogP contribution in [0.1, 0.15) is 0 Å². The van der Waals surface area contributed by atoms with Crippen LogP contribution in [-0.2, 0) is 9.84 Å². The second-order valence-corrected chi connectivity index (χ2v) is 7.69. The molecule has 0 unspecified atom stereocenters. The molecule has 0 aliphatic carbocycles. The van der Waals surface area contributed by atoms with E-state index in [2.05, 4.69) is 20.9 Å². The zero-order chi connectivity index (χ0) is 9.90. The predicted octanol–water partition coefficient (Wildman–Crippen LogP) is 2.04. The van der Waals surface area contributed by atoms with Gasteiger partial charge in [-0.3, -0.25) is 0 Å². The van der Waals surface area contributed by atoms with E-state index in [9.17, 15) is 8.42 Å². The first kappa shape index (κ1) is 11.5. The van der Waals surface area contributed by atoms with E-state index < -0.39 is 9.84 Å². The van der Waals surface area contributed by atoms with Gasteiger partial charge in [0.15, 0.2) is 4.34 Å². The van der Waals surface area contributed by atoms with E-state index in [0.29, 0.717) is 5.75 Å². The van der Waals surface area contributed by atoms with E-state index in [1.165, 1.54) is 29.4 Å². The first-order chi connectivity index (χ1) is 5.97. The van der Waals surface area contributed by atoms with E-state index in [4.69, 9.17) is 0 Å². The third kappa shape index (κ3) is 4.99. The summed E-state index contributed by atoms with van der Waals surface area (Å²) in [6.07, 6.45) is 1.24. The van der Waals surface area contributed by atoms with Crippen molar-refractivity contribution in [3.63, 3.8) is 0 Å². The van der Waals surface area contributed by atoms with Gasteiger partial charge in [-0.15, -0.1) is 11.3 Å². The van der Waals surface area contributed by atoms with Gasteiger partial charge in [0.25, 0.3) is 0 Å². The van der Waals surface area contributed by atoms with Gasteiger partial charge in [-0.05, 0) is 15.9 Å². The van der Waals surface area contributed by atoms with E-state index in [1.807, 2.05) is 5.38 Å². The zero-order valence-electron chi connectivity index (χ0n) is 6.86. The molecule has 7 heteroatoms. The van der Waals surface area contributed by atoms with Gasteiger partial charge in [0.05, 0.1) is 5.75 Å². The molecular formula is C6H8BrNO2S3. The van der Waals surface area contributed by atoms with Crippen LogP contribution in [0.3, 0.4) is 0 Å². The fourth-order valence-corrected chi connectivity index (χ4v) is 4.23. The molecule has 1 heterocycles. The standard InChI is InChI=1S/C6H8BrNO2S3/c1-13(9,10)3-2-11-6-8-5(7)4-12-6/h4H,2-3H2,1H3. The summed E-state index contributed by atoms with van der Waals surface area (Å²) in [6.45, 7) is 0. The molecular weight excluding hydrogens is 294 g/mol. The maximum atomic E-state index is 10.8. The topological polar surface area (TPSA) is 47.0 Å². The number of aromatic nitrogens is 1. The minimum atomic E-state index is -2.84. The maximum absolute atomic E-state index is 10.8. The lowest BCUT2D eigenvalue weighted by molar-refractivity contribution is 0.603. The maximum Gasteiger partial charge on any atom is 0.151 e. The second kappa shape index (κ2) is 4.77. The Morgan fingerprint density at radius 3 is 2.85 bits per heavy atom. The molecule has 0 fully saturated rings. The molecule has 0 atom stereocenters. The van der Waals surface area contributed by atoms with E-state index >= 15 is 0 Å². The van der Waals surface area contributed by atoms with Crippen molar-refractivity contribution in [2.24, 2.45) is 0 Å². The SMILES string of the molecule is CS(=O)(=O)CCSc1nc(Br)cs1. The molecule has 13 heavy (non-hydrogen) atoms. The van der Waals surface area contributed by atoms with Gasteiger partial charge in [0.1, 0.15) is 14.4 Å². The number of hydrogen-bond acceptors (Lipinski definition) is 5. The normalized spacial score (nSPS) is 11.8. The molecule has 0 N–H and O–H groups in total. The van der Waals surface area contributed by atoms with Gasteiger partial charge in [0.2, 0.25) is 0 Å². The summed E-state index contributed by atoms with van der Waals surface area (Å²) in [4.78, 5) is 4.13. The lowest BCUT2D eigenvalue weighted by Gasteiger charge is -1.95. The van der Waals surface area contributed by atoms with Crippen molar-refractivity contribution < 1.29 is 8.42 Å². The van der Waals surface area contributed by atoms with Crippen molar-refractivity contribution in [3.8, 4) is 0 Å². The summed E-state index contributed by atoms with van der Waals surface area (Å²) in [7, 11) is -2.84. The summed E-state index contributed by atoms with van der Waals surface area (Å²) in [6, 6.07) is 0. The van der Waals surface area contributed by atoms with Crippen LogP contribution in [0.2, 0.25) is 0 Å². The number of hydrogen-bond donors (Lipinski definition) is 0. The Bertz CT molecular complexity index is 373. The molecule has 0 amide bonds. The van der Waals surface area contributed by atoms with Crippen molar-refractivity contribution >= 4 is 48.9 Å². The van der Waals surface area contributed by atoms with Gasteiger partial charge in [-0.2, -0.15) is 0 Å². The first-order valence-electron chi connectivity index (χ1n) is 3.39. The van der Waals surface area contributed by atoms with Crippen LogP contribution in [0.25, 0.3) is 0 Å². The molecule has 0 radical (unpaired) electrons. The number of rotatable bonds is 4. The van der Waals surface area contributed by atoms with Crippen molar-refractivity contribution in [2.45, 2.75) is 4.34 Å². The highest BCUT2D eigenvalue weighted by atomic mass is 79.9. The van der Waals surface area contributed by atoms with Crippen LogP contribution in [-0.4, -0.2) is 31.2 Å². The predicted molar refractivity (Wildman–Crippen MR) is 60.2 cm³/mol.